The van der Waals surface area contributed by atoms with Gasteiger partial charge in [0.25, 0.3) is 0 Å². The minimum atomic E-state index is -0.406. The number of nitriles is 1. The van der Waals surface area contributed by atoms with E-state index < -0.39 is 5.97 Å². The maximum absolute atomic E-state index is 11.8. The van der Waals surface area contributed by atoms with Gasteiger partial charge in [0.15, 0.2) is 0 Å². The fourth-order valence-corrected chi connectivity index (χ4v) is 1.38. The number of rotatable bonds is 4. The molecule has 1 rings (SSSR count). The Bertz CT molecular complexity index is 474. The minimum absolute atomic E-state index is 0.0654. The molecule has 1 aromatic rings. The molecule has 0 unspecified atom stereocenters. The van der Waals surface area contributed by atoms with Crippen molar-refractivity contribution in [2.75, 3.05) is 19.1 Å². The predicted octanol–water partition coefficient (Wildman–Crippen LogP) is 1.47. The molecule has 0 aliphatic rings. The molecule has 0 fully saturated rings. The lowest BCUT2D eigenvalue weighted by Crippen LogP contribution is -2.26. The van der Waals surface area contributed by atoms with E-state index in [1.165, 1.54) is 12.0 Å². The second kappa shape index (κ2) is 6.40. The average molecular weight is 246 g/mol. The van der Waals surface area contributed by atoms with E-state index in [-0.39, 0.29) is 18.7 Å². The Balaban J connectivity index is 2.62. The molecule has 1 aromatic carbocycles. The van der Waals surface area contributed by atoms with Crippen molar-refractivity contribution in [2.45, 2.75) is 12.8 Å². The molecule has 0 atom stereocenters. The summed E-state index contributed by atoms with van der Waals surface area (Å²) in [4.78, 5) is 24.1. The van der Waals surface area contributed by atoms with Gasteiger partial charge in [0.1, 0.15) is 0 Å². The van der Waals surface area contributed by atoms with Crippen LogP contribution in [0, 0.1) is 11.3 Å². The summed E-state index contributed by atoms with van der Waals surface area (Å²) in [5.74, 6) is -0.582. The molecule has 5 nitrogen and oxygen atoms in total. The van der Waals surface area contributed by atoms with E-state index in [9.17, 15) is 9.59 Å². The second-order valence-corrected chi connectivity index (χ2v) is 3.69. The first-order valence-corrected chi connectivity index (χ1v) is 5.42. The largest absolute Gasteiger partial charge is 0.469 e. The lowest BCUT2D eigenvalue weighted by molar-refractivity contribution is -0.141. The van der Waals surface area contributed by atoms with Crippen molar-refractivity contribution in [3.05, 3.63) is 29.8 Å². The summed E-state index contributed by atoms with van der Waals surface area (Å²) in [5, 5.41) is 8.67. The maximum atomic E-state index is 11.8. The highest BCUT2D eigenvalue weighted by atomic mass is 16.5. The smallest absolute Gasteiger partial charge is 0.306 e. The van der Waals surface area contributed by atoms with Crippen molar-refractivity contribution in [1.29, 1.82) is 5.26 Å². The zero-order chi connectivity index (χ0) is 13.5. The standard InChI is InChI=1S/C13H14N2O3/c1-15(12(16)7-8-13(17)18-2)11-5-3-10(9-14)4-6-11/h3-6H,7-8H2,1-2H3. The molecule has 0 spiro atoms. The minimum Gasteiger partial charge on any atom is -0.469 e. The van der Waals surface area contributed by atoms with E-state index in [0.717, 1.165) is 0 Å². The van der Waals surface area contributed by atoms with Gasteiger partial charge in [-0.3, -0.25) is 9.59 Å². The number of nitrogens with zero attached hydrogens (tertiary/aromatic N) is 2. The highest BCUT2D eigenvalue weighted by Crippen LogP contribution is 2.14. The topological polar surface area (TPSA) is 70.4 Å². The number of benzene rings is 1. The first kappa shape index (κ1) is 13.7. The Morgan fingerprint density at radius 3 is 2.39 bits per heavy atom. The number of methoxy groups -OCH3 is 1. The van der Waals surface area contributed by atoms with Crippen molar-refractivity contribution in [3.8, 4) is 6.07 Å². The van der Waals surface area contributed by atoms with Gasteiger partial charge in [-0.2, -0.15) is 5.26 Å². The fraction of sp³-hybridized carbons (Fsp3) is 0.308. The van der Waals surface area contributed by atoms with Gasteiger partial charge in [0.2, 0.25) is 5.91 Å². The van der Waals surface area contributed by atoms with E-state index in [1.54, 1.807) is 31.3 Å². The summed E-state index contributed by atoms with van der Waals surface area (Å²) in [6.07, 6.45) is 0.166. The molecule has 0 saturated heterocycles. The number of hydrogen-bond acceptors (Lipinski definition) is 4. The zero-order valence-corrected chi connectivity index (χ0v) is 10.3. The number of hydrogen-bond donors (Lipinski definition) is 0. The molecule has 94 valence electrons. The average Bonchev–Trinajstić information content (AvgIpc) is 2.43. The van der Waals surface area contributed by atoms with Crippen LogP contribution in [0.2, 0.25) is 0 Å². The van der Waals surface area contributed by atoms with Crippen LogP contribution in [0.15, 0.2) is 24.3 Å². The van der Waals surface area contributed by atoms with Crippen LogP contribution < -0.4 is 4.90 Å². The molecule has 0 saturated carbocycles. The Morgan fingerprint density at radius 2 is 1.89 bits per heavy atom. The van der Waals surface area contributed by atoms with Gasteiger partial charge in [-0.15, -0.1) is 0 Å². The Hall–Kier alpha value is -2.35. The molecule has 0 heterocycles. The van der Waals surface area contributed by atoms with E-state index in [1.807, 2.05) is 6.07 Å². The monoisotopic (exact) mass is 246 g/mol. The molecule has 0 aromatic heterocycles. The summed E-state index contributed by atoms with van der Waals surface area (Å²) in [5.41, 5.74) is 1.22. The SMILES string of the molecule is COC(=O)CCC(=O)N(C)c1ccc(C#N)cc1. The highest BCUT2D eigenvalue weighted by molar-refractivity contribution is 5.94. The van der Waals surface area contributed by atoms with Crippen LogP contribution in [-0.2, 0) is 14.3 Å². The van der Waals surface area contributed by atoms with E-state index in [4.69, 9.17) is 5.26 Å². The first-order valence-electron chi connectivity index (χ1n) is 5.42. The van der Waals surface area contributed by atoms with E-state index in [0.29, 0.717) is 11.3 Å². The number of carbonyl (C=O) groups excluding carboxylic acids is 2. The van der Waals surface area contributed by atoms with E-state index in [2.05, 4.69) is 4.74 Å². The van der Waals surface area contributed by atoms with Crippen molar-refractivity contribution in [2.24, 2.45) is 0 Å². The van der Waals surface area contributed by atoms with Crippen LogP contribution in [0.4, 0.5) is 5.69 Å². The molecule has 5 heteroatoms. The highest BCUT2D eigenvalue weighted by Gasteiger charge is 2.13. The normalized spacial score (nSPS) is 9.39. The summed E-state index contributed by atoms with van der Waals surface area (Å²) < 4.78 is 4.47. The Morgan fingerprint density at radius 1 is 1.28 bits per heavy atom. The number of esters is 1. The van der Waals surface area contributed by atoms with Crippen molar-refractivity contribution < 1.29 is 14.3 Å². The third kappa shape index (κ3) is 3.59. The molecule has 18 heavy (non-hydrogen) atoms. The van der Waals surface area contributed by atoms with Crippen LogP contribution in [0.3, 0.4) is 0 Å². The lowest BCUT2D eigenvalue weighted by atomic mass is 10.2. The predicted molar refractivity (Wildman–Crippen MR) is 65.8 cm³/mol. The Labute approximate surface area is 106 Å². The van der Waals surface area contributed by atoms with Crippen molar-refractivity contribution in [1.82, 2.24) is 0 Å². The van der Waals surface area contributed by atoms with Gasteiger partial charge in [-0.05, 0) is 24.3 Å². The summed E-state index contributed by atoms with van der Waals surface area (Å²) >= 11 is 0. The van der Waals surface area contributed by atoms with Gasteiger partial charge in [0.05, 0.1) is 25.2 Å². The molecular formula is C13H14N2O3. The zero-order valence-electron chi connectivity index (χ0n) is 10.3. The van der Waals surface area contributed by atoms with Gasteiger partial charge >= 0.3 is 5.97 Å². The molecule has 0 aliphatic carbocycles. The lowest BCUT2D eigenvalue weighted by Gasteiger charge is -2.16. The van der Waals surface area contributed by atoms with Crippen molar-refractivity contribution >= 4 is 17.6 Å². The van der Waals surface area contributed by atoms with Crippen LogP contribution in [0.5, 0.6) is 0 Å². The van der Waals surface area contributed by atoms with E-state index >= 15 is 0 Å². The molecule has 0 aliphatic heterocycles. The third-order valence-electron chi connectivity index (χ3n) is 2.53. The van der Waals surface area contributed by atoms with Crippen LogP contribution >= 0.6 is 0 Å². The van der Waals surface area contributed by atoms with Crippen molar-refractivity contribution in [3.63, 3.8) is 0 Å². The van der Waals surface area contributed by atoms with Crippen LogP contribution in [0.25, 0.3) is 0 Å². The van der Waals surface area contributed by atoms with Gasteiger partial charge < -0.3 is 9.64 Å². The van der Waals surface area contributed by atoms with Crippen LogP contribution in [0.1, 0.15) is 18.4 Å². The fourth-order valence-electron chi connectivity index (χ4n) is 1.38. The Kier molecular flexibility index (Phi) is 4.88. The number of amides is 1. The third-order valence-corrected chi connectivity index (χ3v) is 2.53. The van der Waals surface area contributed by atoms with Gasteiger partial charge in [-0.1, -0.05) is 0 Å². The molecule has 0 bridgehead atoms. The maximum Gasteiger partial charge on any atom is 0.306 e. The number of carbonyl (C=O) groups is 2. The van der Waals surface area contributed by atoms with Gasteiger partial charge in [-0.25, -0.2) is 0 Å². The molecule has 1 amide bonds. The number of ether oxygens (including phenoxy) is 1. The summed E-state index contributed by atoms with van der Waals surface area (Å²) in [7, 11) is 2.91. The summed E-state index contributed by atoms with van der Waals surface area (Å²) in [6.45, 7) is 0. The molecule has 0 radical (unpaired) electrons. The summed E-state index contributed by atoms with van der Waals surface area (Å²) in [6, 6.07) is 8.66. The van der Waals surface area contributed by atoms with Gasteiger partial charge in [0, 0.05) is 19.2 Å². The van der Waals surface area contributed by atoms with Crippen LogP contribution in [-0.4, -0.2) is 26.0 Å². The second-order valence-electron chi connectivity index (χ2n) is 3.69. The number of anilines is 1. The molecule has 0 N–H and O–H groups in total. The quantitative estimate of drug-likeness (QED) is 0.754. The molecular weight excluding hydrogens is 232 g/mol. The first-order chi connectivity index (χ1) is 8.58.